The minimum Gasteiger partial charge on any atom is -0.316 e. The molecule has 0 radical (unpaired) electrons. The average Bonchev–Trinajstić information content (AvgIpc) is 3.15. The fourth-order valence-corrected chi connectivity index (χ4v) is 2.62. The van der Waals surface area contributed by atoms with E-state index in [1.807, 2.05) is 0 Å². The van der Waals surface area contributed by atoms with Gasteiger partial charge < -0.3 is 5.32 Å². The maximum atomic E-state index is 3.58. The van der Waals surface area contributed by atoms with E-state index in [9.17, 15) is 0 Å². The van der Waals surface area contributed by atoms with Gasteiger partial charge in [-0.2, -0.15) is 0 Å². The molecule has 0 amide bonds. The number of hydrogen-bond donors (Lipinski definition) is 1. The van der Waals surface area contributed by atoms with Gasteiger partial charge in [-0.05, 0) is 68.3 Å². The molecule has 2 heteroatoms. The highest BCUT2D eigenvalue weighted by Gasteiger charge is 2.30. The summed E-state index contributed by atoms with van der Waals surface area (Å²) in [7, 11) is 0. The first kappa shape index (κ1) is 13.1. The molecular formula is C15H22BrN. The fraction of sp³-hybridized carbons (Fsp3) is 0.600. The molecule has 1 saturated carbocycles. The molecule has 0 aromatic heterocycles. The van der Waals surface area contributed by atoms with Gasteiger partial charge in [-0.15, -0.1) is 0 Å². The Morgan fingerprint density at radius 2 is 2.00 bits per heavy atom. The SMILES string of the molecule is CCCNCC(Cc1ccc(Br)cc1)C1CC1. The molecular weight excluding hydrogens is 274 g/mol. The first-order valence-corrected chi connectivity index (χ1v) is 7.54. The summed E-state index contributed by atoms with van der Waals surface area (Å²) in [5.74, 6) is 1.81. The Morgan fingerprint density at radius 3 is 2.59 bits per heavy atom. The summed E-state index contributed by atoms with van der Waals surface area (Å²) >= 11 is 3.49. The summed E-state index contributed by atoms with van der Waals surface area (Å²) in [6.07, 6.45) is 5.34. The zero-order valence-electron chi connectivity index (χ0n) is 10.6. The van der Waals surface area contributed by atoms with Crippen LogP contribution >= 0.6 is 15.9 Å². The molecule has 17 heavy (non-hydrogen) atoms. The zero-order valence-corrected chi connectivity index (χ0v) is 12.2. The summed E-state index contributed by atoms with van der Waals surface area (Å²) in [6.45, 7) is 4.58. The summed E-state index contributed by atoms with van der Waals surface area (Å²) in [4.78, 5) is 0. The van der Waals surface area contributed by atoms with Crippen LogP contribution in [0.25, 0.3) is 0 Å². The summed E-state index contributed by atoms with van der Waals surface area (Å²) < 4.78 is 1.17. The molecule has 0 spiro atoms. The number of halogens is 1. The third-order valence-corrected chi connectivity index (χ3v) is 4.06. The van der Waals surface area contributed by atoms with Gasteiger partial charge in [0.2, 0.25) is 0 Å². The summed E-state index contributed by atoms with van der Waals surface area (Å²) in [5.41, 5.74) is 1.48. The second-order valence-electron chi connectivity index (χ2n) is 5.13. The number of hydrogen-bond acceptors (Lipinski definition) is 1. The lowest BCUT2D eigenvalue weighted by Crippen LogP contribution is -2.26. The van der Waals surface area contributed by atoms with Gasteiger partial charge in [0.25, 0.3) is 0 Å². The lowest BCUT2D eigenvalue weighted by Gasteiger charge is -2.17. The van der Waals surface area contributed by atoms with Crippen molar-refractivity contribution in [2.24, 2.45) is 11.8 Å². The predicted molar refractivity (Wildman–Crippen MR) is 77.2 cm³/mol. The Bertz CT molecular complexity index is 329. The molecule has 1 aromatic carbocycles. The summed E-state index contributed by atoms with van der Waals surface area (Å²) in [5, 5.41) is 3.58. The van der Waals surface area contributed by atoms with E-state index in [2.05, 4.69) is 52.4 Å². The first-order chi connectivity index (χ1) is 8.29. The maximum Gasteiger partial charge on any atom is 0.0175 e. The molecule has 1 nitrogen and oxygen atoms in total. The molecule has 1 unspecified atom stereocenters. The van der Waals surface area contributed by atoms with E-state index < -0.39 is 0 Å². The van der Waals surface area contributed by atoms with Crippen molar-refractivity contribution in [1.82, 2.24) is 5.32 Å². The molecule has 0 aliphatic heterocycles. The van der Waals surface area contributed by atoms with Crippen LogP contribution in [0.3, 0.4) is 0 Å². The molecule has 2 rings (SSSR count). The van der Waals surface area contributed by atoms with Crippen molar-refractivity contribution in [1.29, 1.82) is 0 Å². The smallest absolute Gasteiger partial charge is 0.0175 e. The Kier molecular flexibility index (Phi) is 5.05. The second kappa shape index (κ2) is 6.55. The number of nitrogens with one attached hydrogen (secondary N) is 1. The topological polar surface area (TPSA) is 12.0 Å². The van der Waals surface area contributed by atoms with Crippen LogP contribution in [0.15, 0.2) is 28.7 Å². The molecule has 1 aromatic rings. The number of benzene rings is 1. The Morgan fingerprint density at radius 1 is 1.29 bits per heavy atom. The van der Waals surface area contributed by atoms with E-state index in [1.54, 1.807) is 0 Å². The van der Waals surface area contributed by atoms with Crippen molar-refractivity contribution in [2.75, 3.05) is 13.1 Å². The molecule has 0 bridgehead atoms. The molecule has 94 valence electrons. The van der Waals surface area contributed by atoms with Crippen LogP contribution in [0.4, 0.5) is 0 Å². The highest BCUT2D eigenvalue weighted by Crippen LogP contribution is 2.38. The maximum absolute atomic E-state index is 3.58. The van der Waals surface area contributed by atoms with E-state index >= 15 is 0 Å². The normalized spacial score (nSPS) is 17.1. The van der Waals surface area contributed by atoms with Crippen molar-refractivity contribution in [3.05, 3.63) is 34.3 Å². The van der Waals surface area contributed by atoms with Gasteiger partial charge in [-0.25, -0.2) is 0 Å². The zero-order chi connectivity index (χ0) is 12.1. The van der Waals surface area contributed by atoms with Gasteiger partial charge >= 0.3 is 0 Å². The standard InChI is InChI=1S/C15H22BrN/c1-2-9-17-11-14(13-5-6-13)10-12-3-7-15(16)8-4-12/h3-4,7-8,13-14,17H,2,5-6,9-11H2,1H3. The van der Waals surface area contributed by atoms with E-state index in [0.717, 1.165) is 18.4 Å². The van der Waals surface area contributed by atoms with Crippen LogP contribution < -0.4 is 5.32 Å². The van der Waals surface area contributed by atoms with Crippen molar-refractivity contribution < 1.29 is 0 Å². The van der Waals surface area contributed by atoms with Crippen LogP contribution in [-0.2, 0) is 6.42 Å². The van der Waals surface area contributed by atoms with Crippen LogP contribution in [0, 0.1) is 11.8 Å². The van der Waals surface area contributed by atoms with Gasteiger partial charge in [-0.1, -0.05) is 35.0 Å². The van der Waals surface area contributed by atoms with Gasteiger partial charge in [0.1, 0.15) is 0 Å². The summed E-state index contributed by atoms with van der Waals surface area (Å²) in [6, 6.07) is 8.80. The van der Waals surface area contributed by atoms with Crippen LogP contribution in [-0.4, -0.2) is 13.1 Å². The van der Waals surface area contributed by atoms with Gasteiger partial charge in [0.15, 0.2) is 0 Å². The Hall–Kier alpha value is -0.340. The average molecular weight is 296 g/mol. The van der Waals surface area contributed by atoms with E-state index in [4.69, 9.17) is 0 Å². The largest absolute Gasteiger partial charge is 0.316 e. The van der Waals surface area contributed by atoms with Gasteiger partial charge in [-0.3, -0.25) is 0 Å². The van der Waals surface area contributed by atoms with Crippen molar-refractivity contribution >= 4 is 15.9 Å². The number of rotatable bonds is 7. The highest BCUT2D eigenvalue weighted by molar-refractivity contribution is 9.10. The first-order valence-electron chi connectivity index (χ1n) is 6.74. The molecule has 0 saturated heterocycles. The minimum atomic E-state index is 0.836. The molecule has 1 N–H and O–H groups in total. The van der Waals surface area contributed by atoms with E-state index in [0.29, 0.717) is 0 Å². The quantitative estimate of drug-likeness (QED) is 0.749. The molecule has 1 atom stereocenters. The van der Waals surface area contributed by atoms with Gasteiger partial charge in [0, 0.05) is 4.47 Å². The lowest BCUT2D eigenvalue weighted by atomic mass is 9.94. The second-order valence-corrected chi connectivity index (χ2v) is 6.05. The Balaban J connectivity index is 1.86. The minimum absolute atomic E-state index is 0.836. The van der Waals surface area contributed by atoms with Crippen molar-refractivity contribution in [3.8, 4) is 0 Å². The third kappa shape index (κ3) is 4.44. The third-order valence-electron chi connectivity index (χ3n) is 3.53. The predicted octanol–water partition coefficient (Wildman–Crippen LogP) is 4.02. The monoisotopic (exact) mass is 295 g/mol. The fourth-order valence-electron chi connectivity index (χ4n) is 2.36. The molecule has 1 aliphatic rings. The molecule has 1 fully saturated rings. The Labute approximate surface area is 113 Å². The van der Waals surface area contributed by atoms with E-state index in [-0.39, 0.29) is 0 Å². The van der Waals surface area contributed by atoms with Crippen LogP contribution in [0.5, 0.6) is 0 Å². The van der Waals surface area contributed by atoms with Gasteiger partial charge in [0.05, 0.1) is 0 Å². The molecule has 0 heterocycles. The van der Waals surface area contributed by atoms with Crippen molar-refractivity contribution in [2.45, 2.75) is 32.6 Å². The molecule has 1 aliphatic carbocycles. The highest BCUT2D eigenvalue weighted by atomic mass is 79.9. The lowest BCUT2D eigenvalue weighted by molar-refractivity contribution is 0.424. The van der Waals surface area contributed by atoms with E-state index in [1.165, 1.54) is 42.3 Å². The van der Waals surface area contributed by atoms with Crippen LogP contribution in [0.2, 0.25) is 0 Å². The van der Waals surface area contributed by atoms with Crippen molar-refractivity contribution in [3.63, 3.8) is 0 Å². The van der Waals surface area contributed by atoms with Crippen LogP contribution in [0.1, 0.15) is 31.7 Å².